The lowest BCUT2D eigenvalue weighted by molar-refractivity contribution is -0.139. The van der Waals surface area contributed by atoms with Crippen molar-refractivity contribution in [3.8, 4) is 0 Å². The van der Waals surface area contributed by atoms with Gasteiger partial charge < -0.3 is 4.74 Å². The Balaban J connectivity index is 2.18. The fraction of sp³-hybridized carbons (Fsp3) is 0.500. The molecule has 0 bridgehead atoms. The van der Waals surface area contributed by atoms with E-state index >= 15 is 0 Å². The van der Waals surface area contributed by atoms with E-state index in [-0.39, 0.29) is 17.7 Å². The minimum absolute atomic E-state index is 0.00555. The predicted octanol–water partition coefficient (Wildman–Crippen LogP) is 2.01. The number of hydrogen-bond acceptors (Lipinski definition) is 4. The Morgan fingerprint density at radius 3 is 2.84 bits per heavy atom. The van der Waals surface area contributed by atoms with Crippen molar-refractivity contribution in [3.05, 3.63) is 29.3 Å². The molecule has 5 heteroatoms. The number of ether oxygens (including phenoxy) is 1. The van der Waals surface area contributed by atoms with Gasteiger partial charge in [0, 0.05) is 44.0 Å². The lowest BCUT2D eigenvalue weighted by atomic mass is 9.89. The van der Waals surface area contributed by atoms with Crippen LogP contribution in [0.15, 0.2) is 17.9 Å². The molecule has 0 aromatic carbocycles. The van der Waals surface area contributed by atoms with Crippen molar-refractivity contribution in [2.45, 2.75) is 39.0 Å². The average molecular weight is 262 g/mol. The van der Waals surface area contributed by atoms with E-state index in [9.17, 15) is 9.59 Å². The molecule has 1 aromatic heterocycles. The molecule has 2 rings (SSSR count). The van der Waals surface area contributed by atoms with E-state index < -0.39 is 0 Å². The van der Waals surface area contributed by atoms with Crippen molar-refractivity contribution >= 4 is 11.8 Å². The molecule has 0 aliphatic heterocycles. The van der Waals surface area contributed by atoms with Crippen molar-refractivity contribution < 1.29 is 14.3 Å². The van der Waals surface area contributed by atoms with Crippen LogP contribution in [0.1, 0.15) is 43.5 Å². The first-order valence-corrected chi connectivity index (χ1v) is 6.44. The first-order chi connectivity index (χ1) is 8.99. The van der Waals surface area contributed by atoms with Gasteiger partial charge in [0.05, 0.1) is 5.69 Å². The number of allylic oxidation sites excluding steroid dienone is 2. The average Bonchev–Trinajstić information content (AvgIpc) is 2.67. The third-order valence-corrected chi connectivity index (χ3v) is 3.21. The molecule has 1 heterocycles. The largest absolute Gasteiger partial charge is 0.431 e. The van der Waals surface area contributed by atoms with Crippen molar-refractivity contribution in [3.63, 3.8) is 0 Å². The number of aromatic nitrogens is 2. The van der Waals surface area contributed by atoms with Gasteiger partial charge >= 0.3 is 5.97 Å². The molecular formula is C14H18N2O3. The molecule has 0 radical (unpaired) electrons. The lowest BCUT2D eigenvalue weighted by Crippen LogP contribution is -2.18. The van der Waals surface area contributed by atoms with Crippen molar-refractivity contribution in [2.75, 3.05) is 0 Å². The summed E-state index contributed by atoms with van der Waals surface area (Å²) in [6.45, 7) is 3.65. The predicted molar refractivity (Wildman–Crippen MR) is 69.4 cm³/mol. The summed E-state index contributed by atoms with van der Waals surface area (Å²) in [5.74, 6) is 0.185. The van der Waals surface area contributed by atoms with Crippen LogP contribution < -0.4 is 0 Å². The number of hydrogen-bond donors (Lipinski definition) is 0. The Bertz CT molecular complexity index is 543. The summed E-state index contributed by atoms with van der Waals surface area (Å²) in [6, 6.07) is 1.97. The summed E-state index contributed by atoms with van der Waals surface area (Å²) in [6.07, 6.45) is 2.75. The Kier molecular flexibility index (Phi) is 3.83. The second-order valence-electron chi connectivity index (χ2n) is 4.84. The summed E-state index contributed by atoms with van der Waals surface area (Å²) in [4.78, 5) is 23.1. The number of rotatable bonds is 3. The van der Waals surface area contributed by atoms with Crippen molar-refractivity contribution in [1.82, 2.24) is 9.78 Å². The molecule has 5 nitrogen and oxygen atoms in total. The molecule has 0 saturated heterocycles. The minimum atomic E-state index is -0.305. The molecule has 1 atom stereocenters. The molecule has 102 valence electrons. The first kappa shape index (κ1) is 13.5. The SMILES string of the molecule is CCC(=O)OC1=CC(=O)CC(c2cc(C)nn2C)C1. The molecule has 1 aliphatic rings. The second kappa shape index (κ2) is 5.38. The van der Waals surface area contributed by atoms with Gasteiger partial charge in [-0.15, -0.1) is 0 Å². The zero-order valence-corrected chi connectivity index (χ0v) is 11.5. The third-order valence-electron chi connectivity index (χ3n) is 3.21. The first-order valence-electron chi connectivity index (χ1n) is 6.44. The molecule has 1 aliphatic carbocycles. The summed E-state index contributed by atoms with van der Waals surface area (Å²) in [7, 11) is 1.86. The summed E-state index contributed by atoms with van der Waals surface area (Å²) in [5.41, 5.74) is 1.93. The van der Waals surface area contributed by atoms with Crippen LogP contribution in [-0.4, -0.2) is 21.5 Å². The molecule has 19 heavy (non-hydrogen) atoms. The fourth-order valence-electron chi connectivity index (χ4n) is 2.37. The standard InChI is InChI=1S/C14H18N2O3/c1-4-14(18)19-12-7-10(6-11(17)8-12)13-5-9(2)15-16(13)3/h5,8,10H,4,6-7H2,1-3H3. The molecule has 0 amide bonds. The maximum absolute atomic E-state index is 11.7. The van der Waals surface area contributed by atoms with Crippen LogP contribution in [0.3, 0.4) is 0 Å². The molecular weight excluding hydrogens is 244 g/mol. The van der Waals surface area contributed by atoms with E-state index in [0.29, 0.717) is 25.0 Å². The highest BCUT2D eigenvalue weighted by atomic mass is 16.5. The van der Waals surface area contributed by atoms with Gasteiger partial charge in [-0.3, -0.25) is 14.3 Å². The van der Waals surface area contributed by atoms with Crippen LogP contribution in [-0.2, 0) is 21.4 Å². The van der Waals surface area contributed by atoms with Crippen molar-refractivity contribution in [2.24, 2.45) is 7.05 Å². The summed E-state index contributed by atoms with van der Waals surface area (Å²) in [5, 5.41) is 4.29. The van der Waals surface area contributed by atoms with Crippen LogP contribution in [0.5, 0.6) is 0 Å². The van der Waals surface area contributed by atoms with E-state index in [2.05, 4.69) is 5.10 Å². The number of nitrogens with zero attached hydrogens (tertiary/aromatic N) is 2. The van der Waals surface area contributed by atoms with E-state index in [1.54, 1.807) is 11.6 Å². The third kappa shape index (κ3) is 3.10. The molecule has 1 unspecified atom stereocenters. The van der Waals surface area contributed by atoms with Crippen LogP contribution in [0.2, 0.25) is 0 Å². The topological polar surface area (TPSA) is 61.2 Å². The van der Waals surface area contributed by atoms with Crippen LogP contribution >= 0.6 is 0 Å². The maximum Gasteiger partial charge on any atom is 0.310 e. The Morgan fingerprint density at radius 2 is 2.26 bits per heavy atom. The number of ketones is 1. The molecule has 0 spiro atoms. The molecule has 0 fully saturated rings. The Hall–Kier alpha value is -1.91. The summed E-state index contributed by atoms with van der Waals surface area (Å²) < 4.78 is 6.97. The van der Waals surface area contributed by atoms with E-state index in [4.69, 9.17) is 4.74 Å². The lowest BCUT2D eigenvalue weighted by Gasteiger charge is -2.21. The van der Waals surface area contributed by atoms with Crippen molar-refractivity contribution in [1.29, 1.82) is 0 Å². The van der Waals surface area contributed by atoms with Crippen LogP contribution in [0, 0.1) is 6.92 Å². The fourth-order valence-corrected chi connectivity index (χ4v) is 2.37. The Labute approximate surface area is 112 Å². The van der Waals surface area contributed by atoms with Gasteiger partial charge in [-0.2, -0.15) is 5.10 Å². The van der Waals surface area contributed by atoms with Gasteiger partial charge in [-0.25, -0.2) is 0 Å². The number of esters is 1. The van der Waals surface area contributed by atoms with Gasteiger partial charge in [0.25, 0.3) is 0 Å². The van der Waals surface area contributed by atoms with E-state index in [1.165, 1.54) is 6.08 Å². The van der Waals surface area contributed by atoms with Gasteiger partial charge in [0.15, 0.2) is 5.78 Å². The molecule has 1 aromatic rings. The molecule has 0 N–H and O–H groups in total. The van der Waals surface area contributed by atoms with Gasteiger partial charge in [0.2, 0.25) is 0 Å². The van der Waals surface area contributed by atoms with E-state index in [1.807, 2.05) is 20.0 Å². The molecule has 0 saturated carbocycles. The normalized spacial score (nSPS) is 19.2. The number of aryl methyl sites for hydroxylation is 2. The zero-order valence-electron chi connectivity index (χ0n) is 11.5. The smallest absolute Gasteiger partial charge is 0.310 e. The highest BCUT2D eigenvalue weighted by Gasteiger charge is 2.26. The quantitative estimate of drug-likeness (QED) is 0.782. The summed E-state index contributed by atoms with van der Waals surface area (Å²) >= 11 is 0. The van der Waals surface area contributed by atoms with Gasteiger partial charge in [0.1, 0.15) is 5.76 Å². The highest BCUT2D eigenvalue weighted by molar-refractivity contribution is 5.92. The monoisotopic (exact) mass is 262 g/mol. The second-order valence-corrected chi connectivity index (χ2v) is 4.84. The Morgan fingerprint density at radius 1 is 1.53 bits per heavy atom. The highest BCUT2D eigenvalue weighted by Crippen LogP contribution is 2.32. The van der Waals surface area contributed by atoms with Gasteiger partial charge in [-0.1, -0.05) is 6.92 Å². The number of carbonyl (C=O) groups excluding carboxylic acids is 2. The van der Waals surface area contributed by atoms with Gasteiger partial charge in [-0.05, 0) is 13.0 Å². The van der Waals surface area contributed by atoms with Crippen LogP contribution in [0.25, 0.3) is 0 Å². The van der Waals surface area contributed by atoms with E-state index in [0.717, 1.165) is 11.4 Å². The maximum atomic E-state index is 11.7. The van der Waals surface area contributed by atoms with Crippen LogP contribution in [0.4, 0.5) is 0 Å². The minimum Gasteiger partial charge on any atom is -0.431 e. The zero-order chi connectivity index (χ0) is 14.0. The number of carbonyl (C=O) groups is 2.